The van der Waals surface area contributed by atoms with Crippen LogP contribution in [0, 0.1) is 6.92 Å². The highest BCUT2D eigenvalue weighted by Crippen LogP contribution is 2.39. The average molecular weight is 566 g/mol. The van der Waals surface area contributed by atoms with Crippen molar-refractivity contribution in [1.82, 2.24) is 14.8 Å². The normalized spacial score (nSPS) is 16.8. The minimum atomic E-state index is -0.517. The highest BCUT2D eigenvalue weighted by molar-refractivity contribution is 5.90. The van der Waals surface area contributed by atoms with Crippen LogP contribution in [-0.2, 0) is 4.74 Å². The smallest absolute Gasteiger partial charge is 0.410 e. The summed E-state index contributed by atoms with van der Waals surface area (Å²) in [6.07, 6.45) is 4.60. The molecule has 2 aliphatic heterocycles. The summed E-state index contributed by atoms with van der Waals surface area (Å²) in [5.74, 6) is 3.51. The van der Waals surface area contributed by atoms with Gasteiger partial charge in [-0.15, -0.1) is 0 Å². The molecule has 2 aromatic heterocycles. The predicted molar refractivity (Wildman–Crippen MR) is 158 cm³/mol. The Bertz CT molecular complexity index is 1330. The van der Waals surface area contributed by atoms with Gasteiger partial charge in [0.15, 0.2) is 17.3 Å². The molecule has 222 valence electrons. The van der Waals surface area contributed by atoms with Gasteiger partial charge in [-0.25, -0.2) is 9.78 Å². The number of fused-ring (bicyclic) bond motifs is 1. The number of benzene rings is 1. The number of nitrogens with zero attached hydrogens (tertiary/aromatic N) is 3. The lowest BCUT2D eigenvalue weighted by Crippen LogP contribution is -2.44. The number of ether oxygens (including phenoxy) is 4. The Kier molecular flexibility index (Phi) is 8.92. The molecule has 5 rings (SSSR count). The first kappa shape index (κ1) is 29.0. The fraction of sp³-hybridized carbons (Fsp3) is 0.562. The van der Waals surface area contributed by atoms with Gasteiger partial charge < -0.3 is 33.2 Å². The molecular formula is C32H43N3O6. The zero-order valence-electron chi connectivity index (χ0n) is 25.0. The molecule has 0 radical (unpaired) electrons. The summed E-state index contributed by atoms with van der Waals surface area (Å²) in [7, 11) is 1.65. The molecule has 1 aromatic carbocycles. The number of hydrogen-bond donors (Lipinski definition) is 0. The zero-order chi connectivity index (χ0) is 29.0. The Morgan fingerprint density at radius 3 is 2.44 bits per heavy atom. The number of pyridine rings is 1. The lowest BCUT2D eigenvalue weighted by molar-refractivity contribution is 0.0128. The van der Waals surface area contributed by atoms with Crippen LogP contribution in [0.1, 0.15) is 58.6 Å². The molecule has 0 N–H and O–H groups in total. The first-order valence-electron chi connectivity index (χ1n) is 14.8. The third kappa shape index (κ3) is 7.44. The highest BCUT2D eigenvalue weighted by Gasteiger charge is 2.28. The van der Waals surface area contributed by atoms with Gasteiger partial charge in [-0.2, -0.15) is 0 Å². The van der Waals surface area contributed by atoms with Crippen LogP contribution in [0.5, 0.6) is 17.2 Å². The fourth-order valence-electron chi connectivity index (χ4n) is 5.41. The Hall–Kier alpha value is -3.46. The van der Waals surface area contributed by atoms with E-state index in [-0.39, 0.29) is 12.2 Å². The molecule has 0 aliphatic carbocycles. The Labute approximate surface area is 242 Å². The Morgan fingerprint density at radius 1 is 1.02 bits per heavy atom. The minimum Gasteiger partial charge on any atom is -0.493 e. The summed E-state index contributed by atoms with van der Waals surface area (Å²) in [6, 6.07) is 9.65. The zero-order valence-corrected chi connectivity index (χ0v) is 25.0. The van der Waals surface area contributed by atoms with Crippen LogP contribution in [-0.4, -0.2) is 79.0 Å². The Balaban J connectivity index is 1.36. The van der Waals surface area contributed by atoms with E-state index < -0.39 is 5.60 Å². The van der Waals surface area contributed by atoms with Crippen molar-refractivity contribution < 1.29 is 28.2 Å². The molecule has 4 heterocycles. The van der Waals surface area contributed by atoms with Crippen LogP contribution in [0.2, 0.25) is 0 Å². The quantitative estimate of drug-likeness (QED) is 0.274. The van der Waals surface area contributed by atoms with E-state index in [0.717, 1.165) is 29.6 Å². The summed E-state index contributed by atoms with van der Waals surface area (Å²) in [5.41, 5.74) is 0.918. The van der Waals surface area contributed by atoms with Crippen molar-refractivity contribution >= 4 is 17.0 Å². The molecule has 3 aromatic rings. The molecule has 1 amide bonds. The predicted octanol–water partition coefficient (Wildman–Crippen LogP) is 6.45. The number of amides is 1. The Morgan fingerprint density at radius 2 is 1.78 bits per heavy atom. The summed E-state index contributed by atoms with van der Waals surface area (Å²) in [5, 5.41) is 0.841. The second kappa shape index (κ2) is 12.6. The van der Waals surface area contributed by atoms with Crippen molar-refractivity contribution in [2.24, 2.45) is 0 Å². The highest BCUT2D eigenvalue weighted by atomic mass is 16.6. The van der Waals surface area contributed by atoms with E-state index in [9.17, 15) is 4.79 Å². The number of aromatic nitrogens is 1. The molecule has 0 saturated carbocycles. The molecule has 9 nitrogen and oxygen atoms in total. The number of hydrogen-bond acceptors (Lipinski definition) is 8. The maximum Gasteiger partial charge on any atom is 0.410 e. The lowest BCUT2D eigenvalue weighted by atomic mass is 10.1. The van der Waals surface area contributed by atoms with Gasteiger partial charge >= 0.3 is 6.09 Å². The van der Waals surface area contributed by atoms with Crippen molar-refractivity contribution in [3.05, 3.63) is 36.1 Å². The third-order valence-electron chi connectivity index (χ3n) is 7.51. The van der Waals surface area contributed by atoms with E-state index in [1.807, 2.05) is 58.0 Å². The average Bonchev–Trinajstić information content (AvgIpc) is 3.62. The number of furan rings is 1. The number of aryl methyl sites for hydroxylation is 1. The van der Waals surface area contributed by atoms with Gasteiger partial charge in [0.2, 0.25) is 0 Å². The number of carbonyl (C=O) groups is 1. The van der Waals surface area contributed by atoms with E-state index in [1.54, 1.807) is 12.0 Å². The van der Waals surface area contributed by atoms with Gasteiger partial charge in [0.1, 0.15) is 28.9 Å². The largest absolute Gasteiger partial charge is 0.493 e. The van der Waals surface area contributed by atoms with Crippen LogP contribution < -0.4 is 14.2 Å². The van der Waals surface area contributed by atoms with Crippen molar-refractivity contribution in [3.63, 3.8) is 0 Å². The molecule has 2 saturated heterocycles. The van der Waals surface area contributed by atoms with Crippen LogP contribution in [0.3, 0.4) is 0 Å². The molecule has 0 atom stereocenters. The van der Waals surface area contributed by atoms with E-state index >= 15 is 0 Å². The second-order valence-electron chi connectivity index (χ2n) is 12.0. The van der Waals surface area contributed by atoms with Crippen molar-refractivity contribution in [2.75, 3.05) is 46.4 Å². The number of piperidine rings is 1. The molecule has 9 heteroatoms. The first-order valence-corrected chi connectivity index (χ1v) is 14.8. The molecule has 2 fully saturated rings. The standard InChI is InChI=1S/C32H43N3O6/c1-22-9-10-27(39-22)26-21-28(40-23-11-16-35(17-12-23)31(36)41-32(2,3)4)24-19-29(37-5)30(20-25(24)33-26)38-18-8-15-34-13-6-7-14-34/h9-10,19-21,23H,6-8,11-18H2,1-5H3. The molecule has 0 spiro atoms. The van der Waals surface area contributed by atoms with E-state index in [0.29, 0.717) is 61.2 Å². The SMILES string of the molecule is COc1cc2c(OC3CCN(C(=O)OC(C)(C)C)CC3)cc(-c3ccc(C)o3)nc2cc1OCCCN1CCCC1. The minimum absolute atomic E-state index is 0.0574. The van der Waals surface area contributed by atoms with Gasteiger partial charge in [-0.05, 0) is 78.2 Å². The van der Waals surface area contributed by atoms with Crippen molar-refractivity contribution in [3.8, 4) is 28.7 Å². The molecule has 41 heavy (non-hydrogen) atoms. The van der Waals surface area contributed by atoms with Crippen LogP contribution in [0.4, 0.5) is 4.79 Å². The number of methoxy groups -OCH3 is 1. The molecule has 0 bridgehead atoms. The van der Waals surface area contributed by atoms with Gasteiger partial charge in [-0.3, -0.25) is 0 Å². The van der Waals surface area contributed by atoms with Crippen molar-refractivity contribution in [2.45, 2.75) is 71.5 Å². The molecule has 0 unspecified atom stereocenters. The summed E-state index contributed by atoms with van der Waals surface area (Å²) < 4.78 is 30.0. The maximum absolute atomic E-state index is 12.5. The van der Waals surface area contributed by atoms with Crippen LogP contribution >= 0.6 is 0 Å². The maximum atomic E-state index is 12.5. The number of carbonyl (C=O) groups excluding carboxylic acids is 1. The molecular weight excluding hydrogens is 522 g/mol. The number of likely N-dealkylation sites (tertiary alicyclic amines) is 2. The third-order valence-corrected chi connectivity index (χ3v) is 7.51. The fourth-order valence-corrected chi connectivity index (χ4v) is 5.41. The van der Waals surface area contributed by atoms with E-state index in [1.165, 1.54) is 25.9 Å². The van der Waals surface area contributed by atoms with E-state index in [2.05, 4.69) is 4.90 Å². The lowest BCUT2D eigenvalue weighted by Gasteiger charge is -2.33. The molecule has 2 aliphatic rings. The van der Waals surface area contributed by atoms with Crippen molar-refractivity contribution in [1.29, 1.82) is 0 Å². The van der Waals surface area contributed by atoms with Gasteiger partial charge in [0.05, 0.1) is 19.2 Å². The van der Waals surface area contributed by atoms with Gasteiger partial charge in [-0.1, -0.05) is 0 Å². The topological polar surface area (TPSA) is 86.5 Å². The number of rotatable bonds is 9. The van der Waals surface area contributed by atoms with Gasteiger partial charge in [0.25, 0.3) is 0 Å². The van der Waals surface area contributed by atoms with Crippen LogP contribution in [0.25, 0.3) is 22.4 Å². The van der Waals surface area contributed by atoms with E-state index in [4.69, 9.17) is 28.3 Å². The first-order chi connectivity index (χ1) is 19.7. The van der Waals surface area contributed by atoms with Crippen LogP contribution in [0.15, 0.2) is 34.7 Å². The summed E-state index contributed by atoms with van der Waals surface area (Å²) in [4.78, 5) is 21.7. The second-order valence-corrected chi connectivity index (χ2v) is 12.0. The summed E-state index contributed by atoms with van der Waals surface area (Å²) in [6.45, 7) is 12.7. The van der Waals surface area contributed by atoms with Gasteiger partial charge in [0, 0.05) is 50.0 Å². The summed E-state index contributed by atoms with van der Waals surface area (Å²) >= 11 is 0. The monoisotopic (exact) mass is 565 g/mol.